The zero-order valence-corrected chi connectivity index (χ0v) is 15.5. The van der Waals surface area contributed by atoms with Crippen molar-refractivity contribution < 1.29 is 14.0 Å². The van der Waals surface area contributed by atoms with Gasteiger partial charge in [-0.05, 0) is 67.6 Å². The molecule has 0 N–H and O–H groups in total. The average molecular weight is 364 g/mol. The number of anilines is 1. The summed E-state index contributed by atoms with van der Waals surface area (Å²) in [5.41, 5.74) is 4.25. The predicted octanol–water partition coefficient (Wildman–Crippen LogP) is 3.82. The van der Waals surface area contributed by atoms with Crippen molar-refractivity contribution in [3.05, 3.63) is 70.7 Å². The zero-order chi connectivity index (χ0) is 19.1. The molecule has 138 valence electrons. The van der Waals surface area contributed by atoms with Crippen LogP contribution in [-0.4, -0.2) is 29.8 Å². The minimum atomic E-state index is -0.403. The Bertz CT molecular complexity index is 957. The van der Waals surface area contributed by atoms with Crippen molar-refractivity contribution in [3.8, 4) is 0 Å². The Morgan fingerprint density at radius 3 is 2.15 bits per heavy atom. The smallest absolute Gasteiger partial charge is 0.282 e. The number of likely N-dealkylation sites (tertiary alicyclic amines) is 1. The number of hydrogen-bond donors (Lipinski definition) is 0. The second-order valence-corrected chi connectivity index (χ2v) is 7.14. The quantitative estimate of drug-likeness (QED) is 0.778. The number of benzene rings is 2. The van der Waals surface area contributed by atoms with Crippen molar-refractivity contribution in [2.45, 2.75) is 26.7 Å². The lowest BCUT2D eigenvalue weighted by Gasteiger charge is -2.20. The molecular formula is C22H21FN2O2. The van der Waals surface area contributed by atoms with E-state index in [-0.39, 0.29) is 11.8 Å². The second-order valence-electron chi connectivity index (χ2n) is 7.14. The molecule has 0 spiro atoms. The van der Waals surface area contributed by atoms with Gasteiger partial charge in [0.05, 0.1) is 11.3 Å². The standard InChI is InChI=1S/C22H21FN2O2/c1-14-5-6-16(13-15(14)2)19-20(24-11-3-4-12-24)22(27)25(21(19)26)18-9-7-17(23)8-10-18/h5-10,13H,3-4,11-12H2,1-2H3. The van der Waals surface area contributed by atoms with E-state index in [2.05, 4.69) is 0 Å². The van der Waals surface area contributed by atoms with Gasteiger partial charge in [-0.15, -0.1) is 0 Å². The van der Waals surface area contributed by atoms with E-state index >= 15 is 0 Å². The summed E-state index contributed by atoms with van der Waals surface area (Å²) in [6.45, 7) is 5.54. The van der Waals surface area contributed by atoms with E-state index in [9.17, 15) is 14.0 Å². The highest BCUT2D eigenvalue weighted by Gasteiger charge is 2.43. The minimum Gasteiger partial charge on any atom is -0.366 e. The van der Waals surface area contributed by atoms with E-state index in [4.69, 9.17) is 0 Å². The third kappa shape index (κ3) is 2.93. The molecule has 0 radical (unpaired) electrons. The summed E-state index contributed by atoms with van der Waals surface area (Å²) < 4.78 is 13.3. The molecule has 1 saturated heterocycles. The summed E-state index contributed by atoms with van der Waals surface area (Å²) in [6.07, 6.45) is 2.00. The van der Waals surface area contributed by atoms with Gasteiger partial charge in [0.15, 0.2) is 0 Å². The van der Waals surface area contributed by atoms with Crippen molar-refractivity contribution in [3.63, 3.8) is 0 Å². The van der Waals surface area contributed by atoms with Crippen LogP contribution in [-0.2, 0) is 9.59 Å². The van der Waals surface area contributed by atoms with Crippen LogP contribution in [0.3, 0.4) is 0 Å². The maximum absolute atomic E-state index is 13.3. The first-order valence-corrected chi connectivity index (χ1v) is 9.18. The normalized spacial score (nSPS) is 17.4. The van der Waals surface area contributed by atoms with Gasteiger partial charge in [0.1, 0.15) is 11.5 Å². The molecule has 2 aromatic carbocycles. The Labute approximate surface area is 157 Å². The van der Waals surface area contributed by atoms with Gasteiger partial charge < -0.3 is 4.90 Å². The van der Waals surface area contributed by atoms with Gasteiger partial charge in [-0.1, -0.05) is 18.2 Å². The summed E-state index contributed by atoms with van der Waals surface area (Å²) in [4.78, 5) is 29.7. The number of carbonyl (C=O) groups is 2. The Balaban J connectivity index is 1.84. The fourth-order valence-electron chi connectivity index (χ4n) is 3.73. The van der Waals surface area contributed by atoms with E-state index in [0.717, 1.165) is 47.5 Å². The lowest BCUT2D eigenvalue weighted by molar-refractivity contribution is -0.120. The van der Waals surface area contributed by atoms with Gasteiger partial charge in [0.25, 0.3) is 11.8 Å². The van der Waals surface area contributed by atoms with Gasteiger partial charge in [0.2, 0.25) is 0 Å². The monoisotopic (exact) mass is 364 g/mol. The first-order chi connectivity index (χ1) is 13.0. The molecule has 2 aromatic rings. The Morgan fingerprint density at radius 2 is 1.52 bits per heavy atom. The van der Waals surface area contributed by atoms with Crippen molar-refractivity contribution in [1.29, 1.82) is 0 Å². The van der Waals surface area contributed by atoms with Crippen LogP contribution in [0.4, 0.5) is 10.1 Å². The van der Waals surface area contributed by atoms with Crippen LogP contribution in [0.25, 0.3) is 5.57 Å². The van der Waals surface area contributed by atoms with Gasteiger partial charge >= 0.3 is 0 Å². The molecule has 0 bridgehead atoms. The van der Waals surface area contributed by atoms with Crippen molar-refractivity contribution >= 4 is 23.1 Å². The molecule has 1 fully saturated rings. The van der Waals surface area contributed by atoms with Crippen molar-refractivity contribution in [2.24, 2.45) is 0 Å². The molecule has 4 rings (SSSR count). The fraction of sp³-hybridized carbons (Fsp3) is 0.273. The Morgan fingerprint density at radius 1 is 0.852 bits per heavy atom. The van der Waals surface area contributed by atoms with E-state index in [1.54, 1.807) is 0 Å². The second kappa shape index (κ2) is 6.65. The molecule has 0 aromatic heterocycles. The molecular weight excluding hydrogens is 343 g/mol. The third-order valence-electron chi connectivity index (χ3n) is 5.36. The summed E-state index contributed by atoms with van der Waals surface area (Å²) in [6, 6.07) is 11.3. The van der Waals surface area contributed by atoms with Crippen LogP contribution < -0.4 is 4.90 Å². The van der Waals surface area contributed by atoms with E-state index < -0.39 is 5.82 Å². The minimum absolute atomic E-state index is 0.332. The highest BCUT2D eigenvalue weighted by atomic mass is 19.1. The summed E-state index contributed by atoms with van der Waals surface area (Å²) in [5.74, 6) is -1.08. The maximum atomic E-state index is 13.3. The number of halogens is 1. The van der Waals surface area contributed by atoms with E-state index in [1.807, 2.05) is 36.9 Å². The van der Waals surface area contributed by atoms with E-state index in [1.165, 1.54) is 24.3 Å². The van der Waals surface area contributed by atoms with Crippen molar-refractivity contribution in [2.75, 3.05) is 18.0 Å². The molecule has 0 atom stereocenters. The summed E-state index contributed by atoms with van der Waals surface area (Å²) >= 11 is 0. The third-order valence-corrected chi connectivity index (χ3v) is 5.36. The number of nitrogens with zero attached hydrogens (tertiary/aromatic N) is 2. The summed E-state index contributed by atoms with van der Waals surface area (Å²) in [5, 5.41) is 0. The molecule has 5 heteroatoms. The first-order valence-electron chi connectivity index (χ1n) is 9.18. The van der Waals surface area contributed by atoms with E-state index in [0.29, 0.717) is 17.0 Å². The number of rotatable bonds is 3. The van der Waals surface area contributed by atoms with Gasteiger partial charge in [-0.3, -0.25) is 9.59 Å². The highest BCUT2D eigenvalue weighted by Crippen LogP contribution is 2.36. The lowest BCUT2D eigenvalue weighted by Crippen LogP contribution is -2.34. The Kier molecular flexibility index (Phi) is 4.30. The van der Waals surface area contributed by atoms with Crippen molar-refractivity contribution in [1.82, 2.24) is 4.90 Å². The molecule has 0 unspecified atom stereocenters. The highest BCUT2D eigenvalue weighted by molar-refractivity contribution is 6.45. The summed E-state index contributed by atoms with van der Waals surface area (Å²) in [7, 11) is 0. The first kappa shape index (κ1) is 17.5. The van der Waals surface area contributed by atoms with Crippen LogP contribution in [0.2, 0.25) is 0 Å². The van der Waals surface area contributed by atoms with Crippen LogP contribution in [0.5, 0.6) is 0 Å². The number of hydrogen-bond acceptors (Lipinski definition) is 3. The molecule has 2 heterocycles. The van der Waals surface area contributed by atoms with Gasteiger partial charge in [0, 0.05) is 13.1 Å². The molecule has 2 aliphatic heterocycles. The van der Waals surface area contributed by atoms with Crippen LogP contribution >= 0.6 is 0 Å². The predicted molar refractivity (Wildman–Crippen MR) is 103 cm³/mol. The van der Waals surface area contributed by atoms with Gasteiger partial charge in [-0.25, -0.2) is 9.29 Å². The molecule has 2 amide bonds. The van der Waals surface area contributed by atoms with Crippen LogP contribution in [0.1, 0.15) is 29.5 Å². The SMILES string of the molecule is Cc1ccc(C2=C(N3CCCC3)C(=O)N(c3ccc(F)cc3)C2=O)cc1C. The number of aryl methyl sites for hydroxylation is 2. The fourth-order valence-corrected chi connectivity index (χ4v) is 3.73. The molecule has 0 aliphatic carbocycles. The van der Waals surface area contributed by atoms with Gasteiger partial charge in [-0.2, -0.15) is 0 Å². The molecule has 0 saturated carbocycles. The largest absolute Gasteiger partial charge is 0.366 e. The number of imide groups is 1. The Hall–Kier alpha value is -2.95. The topological polar surface area (TPSA) is 40.6 Å². The lowest BCUT2D eigenvalue weighted by atomic mass is 9.99. The van der Waals surface area contributed by atoms with Crippen LogP contribution in [0, 0.1) is 19.7 Å². The molecule has 27 heavy (non-hydrogen) atoms. The zero-order valence-electron chi connectivity index (χ0n) is 15.5. The molecule has 4 nitrogen and oxygen atoms in total. The maximum Gasteiger partial charge on any atom is 0.282 e. The van der Waals surface area contributed by atoms with Crippen LogP contribution in [0.15, 0.2) is 48.2 Å². The average Bonchev–Trinajstić information content (AvgIpc) is 3.25. The number of amides is 2. The molecule has 2 aliphatic rings. The number of carbonyl (C=O) groups excluding carboxylic acids is 2.